The summed E-state index contributed by atoms with van der Waals surface area (Å²) in [6.45, 7) is 6.46. The number of carbonyl (C=O) groups is 1. The molecular weight excluding hydrogens is 162 g/mol. The van der Waals surface area contributed by atoms with Gasteiger partial charge < -0.3 is 4.90 Å². The Hall–Kier alpha value is -0.370. The van der Waals surface area contributed by atoms with Crippen LogP contribution in [-0.2, 0) is 4.79 Å². The topological polar surface area (TPSA) is 20.3 Å². The molecule has 1 heterocycles. The number of carbonyl (C=O) groups excluding carboxylic acids is 1. The van der Waals surface area contributed by atoms with Gasteiger partial charge in [-0.25, -0.2) is 0 Å². The number of piperidine rings is 1. The van der Waals surface area contributed by atoms with Crippen molar-refractivity contribution in [1.82, 2.24) is 4.90 Å². The van der Waals surface area contributed by atoms with Crippen LogP contribution in [-0.4, -0.2) is 30.8 Å². The molecule has 1 saturated heterocycles. The summed E-state index contributed by atoms with van der Waals surface area (Å²) in [7, 11) is 2.17. The fourth-order valence-corrected chi connectivity index (χ4v) is 2.63. The Morgan fingerprint density at radius 2 is 1.92 bits per heavy atom. The highest BCUT2D eigenvalue weighted by Gasteiger charge is 2.54. The summed E-state index contributed by atoms with van der Waals surface area (Å²) in [5, 5.41) is 0. The lowest BCUT2D eigenvalue weighted by Gasteiger charge is -2.12. The molecule has 0 amide bonds. The quantitative estimate of drug-likeness (QED) is 0.656. The molecule has 13 heavy (non-hydrogen) atoms. The van der Waals surface area contributed by atoms with Crippen molar-refractivity contribution in [2.24, 2.45) is 23.7 Å². The number of Topliss-reactive ketones (excluding diaryl/α,β-unsaturated/α-hetero) is 1. The Balaban J connectivity index is 1.79. The highest BCUT2D eigenvalue weighted by atomic mass is 16.1. The lowest BCUT2D eigenvalue weighted by molar-refractivity contribution is -0.122. The Bertz CT molecular complexity index is 212. The minimum Gasteiger partial charge on any atom is -0.306 e. The monoisotopic (exact) mass is 181 g/mol. The predicted octanol–water partition coefficient (Wildman–Crippen LogP) is 1.41. The molecule has 0 aromatic rings. The summed E-state index contributed by atoms with van der Waals surface area (Å²) >= 11 is 0. The van der Waals surface area contributed by atoms with Gasteiger partial charge in [-0.3, -0.25) is 4.79 Å². The van der Waals surface area contributed by atoms with Gasteiger partial charge in [0.25, 0.3) is 0 Å². The van der Waals surface area contributed by atoms with E-state index < -0.39 is 0 Å². The molecule has 1 aliphatic heterocycles. The average molecular weight is 181 g/mol. The highest BCUT2D eigenvalue weighted by Crippen LogP contribution is 2.53. The van der Waals surface area contributed by atoms with Gasteiger partial charge in [-0.1, -0.05) is 13.8 Å². The van der Waals surface area contributed by atoms with Crippen LogP contribution in [0.2, 0.25) is 0 Å². The van der Waals surface area contributed by atoms with Crippen LogP contribution < -0.4 is 0 Å². The summed E-state index contributed by atoms with van der Waals surface area (Å²) in [5.74, 6) is 3.15. The maximum atomic E-state index is 11.5. The summed E-state index contributed by atoms with van der Waals surface area (Å²) in [6, 6.07) is 0. The highest BCUT2D eigenvalue weighted by molar-refractivity contribution is 5.80. The van der Waals surface area contributed by atoms with Gasteiger partial charge in [0.1, 0.15) is 5.78 Å². The van der Waals surface area contributed by atoms with Crippen LogP contribution in [0.1, 0.15) is 20.3 Å². The van der Waals surface area contributed by atoms with E-state index in [-0.39, 0.29) is 5.92 Å². The largest absolute Gasteiger partial charge is 0.306 e. The molecule has 1 aliphatic carbocycles. The Labute approximate surface area is 80.3 Å². The third kappa shape index (κ3) is 1.64. The second kappa shape index (κ2) is 3.09. The maximum absolute atomic E-state index is 11.5. The van der Waals surface area contributed by atoms with Gasteiger partial charge in [-0.15, -0.1) is 0 Å². The first-order valence-corrected chi connectivity index (χ1v) is 5.31. The van der Waals surface area contributed by atoms with Crippen LogP contribution in [0.4, 0.5) is 0 Å². The van der Waals surface area contributed by atoms with Crippen molar-refractivity contribution in [2.75, 3.05) is 20.1 Å². The molecule has 2 fully saturated rings. The lowest BCUT2D eigenvalue weighted by atomic mass is 10.0. The zero-order chi connectivity index (χ0) is 9.59. The van der Waals surface area contributed by atoms with Gasteiger partial charge in [0.2, 0.25) is 0 Å². The summed E-state index contributed by atoms with van der Waals surface area (Å²) in [5.41, 5.74) is 0. The second-order valence-electron chi connectivity index (χ2n) is 5.04. The average Bonchev–Trinajstić information content (AvgIpc) is 2.54. The first kappa shape index (κ1) is 9.20. The fourth-order valence-electron chi connectivity index (χ4n) is 2.63. The molecule has 1 saturated carbocycles. The van der Waals surface area contributed by atoms with Crippen LogP contribution in [0.15, 0.2) is 0 Å². The number of hydrogen-bond donors (Lipinski definition) is 0. The van der Waals surface area contributed by atoms with Crippen molar-refractivity contribution >= 4 is 5.78 Å². The standard InChI is InChI=1S/C11H19NO/c1-7(2)11(13)4-8-9-5-12(3)6-10(8)9/h7-10H,4-6H2,1-3H3/t8?,9-,10+. The molecule has 0 N–H and O–H groups in total. The summed E-state index contributed by atoms with van der Waals surface area (Å²) in [6.07, 6.45) is 0.848. The van der Waals surface area contributed by atoms with Gasteiger partial charge in [-0.2, -0.15) is 0 Å². The van der Waals surface area contributed by atoms with E-state index in [1.165, 1.54) is 13.1 Å². The van der Waals surface area contributed by atoms with E-state index >= 15 is 0 Å². The Kier molecular flexibility index (Phi) is 2.18. The molecule has 2 heteroatoms. The van der Waals surface area contributed by atoms with Gasteiger partial charge in [0.05, 0.1) is 0 Å². The number of ketones is 1. The molecule has 0 radical (unpaired) electrons. The summed E-state index contributed by atoms with van der Waals surface area (Å²) in [4.78, 5) is 13.9. The molecule has 3 atom stereocenters. The molecule has 0 bridgehead atoms. The van der Waals surface area contributed by atoms with E-state index in [1.807, 2.05) is 13.8 Å². The molecule has 2 nitrogen and oxygen atoms in total. The Morgan fingerprint density at radius 3 is 2.38 bits per heavy atom. The number of fused-ring (bicyclic) bond motifs is 1. The number of hydrogen-bond acceptors (Lipinski definition) is 2. The van der Waals surface area contributed by atoms with Gasteiger partial charge in [-0.05, 0) is 24.8 Å². The third-order valence-electron chi connectivity index (χ3n) is 3.63. The molecule has 74 valence electrons. The normalized spacial score (nSPS) is 38.0. The van der Waals surface area contributed by atoms with Gasteiger partial charge >= 0.3 is 0 Å². The predicted molar refractivity (Wildman–Crippen MR) is 52.4 cm³/mol. The van der Waals surface area contributed by atoms with Gasteiger partial charge in [0.15, 0.2) is 0 Å². The van der Waals surface area contributed by atoms with E-state index in [9.17, 15) is 4.79 Å². The van der Waals surface area contributed by atoms with E-state index in [4.69, 9.17) is 0 Å². The molecule has 0 spiro atoms. The van der Waals surface area contributed by atoms with Crippen molar-refractivity contribution in [3.05, 3.63) is 0 Å². The molecule has 2 rings (SSSR count). The summed E-state index contributed by atoms with van der Waals surface area (Å²) < 4.78 is 0. The second-order valence-corrected chi connectivity index (χ2v) is 5.04. The van der Waals surface area contributed by atoms with Crippen molar-refractivity contribution in [3.8, 4) is 0 Å². The minimum atomic E-state index is 0.235. The van der Waals surface area contributed by atoms with E-state index in [1.54, 1.807) is 0 Å². The lowest BCUT2D eigenvalue weighted by Crippen LogP contribution is -2.20. The van der Waals surface area contributed by atoms with E-state index in [0.29, 0.717) is 5.78 Å². The van der Waals surface area contributed by atoms with Crippen LogP contribution in [0.25, 0.3) is 0 Å². The van der Waals surface area contributed by atoms with Crippen molar-refractivity contribution < 1.29 is 4.79 Å². The molecule has 1 unspecified atom stereocenters. The van der Waals surface area contributed by atoms with Crippen LogP contribution >= 0.6 is 0 Å². The third-order valence-corrected chi connectivity index (χ3v) is 3.63. The SMILES string of the molecule is CC(C)C(=O)CC1[C@H]2CN(C)C[C@@H]12. The van der Waals surface area contributed by atoms with Crippen LogP contribution in [0, 0.1) is 23.7 Å². The first-order valence-electron chi connectivity index (χ1n) is 5.31. The number of nitrogens with zero attached hydrogens (tertiary/aromatic N) is 1. The van der Waals surface area contributed by atoms with Crippen LogP contribution in [0.5, 0.6) is 0 Å². The fraction of sp³-hybridized carbons (Fsp3) is 0.909. The molecule has 0 aromatic heterocycles. The van der Waals surface area contributed by atoms with Crippen molar-refractivity contribution in [2.45, 2.75) is 20.3 Å². The van der Waals surface area contributed by atoms with Crippen molar-refractivity contribution in [1.29, 1.82) is 0 Å². The molecule has 2 aliphatic rings. The number of rotatable bonds is 3. The zero-order valence-corrected chi connectivity index (χ0v) is 8.79. The minimum absolute atomic E-state index is 0.235. The van der Waals surface area contributed by atoms with Crippen molar-refractivity contribution in [3.63, 3.8) is 0 Å². The number of likely N-dealkylation sites (tertiary alicyclic amines) is 1. The van der Waals surface area contributed by atoms with Gasteiger partial charge in [0, 0.05) is 25.4 Å². The first-order chi connectivity index (χ1) is 6.09. The van der Waals surface area contributed by atoms with E-state index in [0.717, 1.165) is 24.2 Å². The zero-order valence-electron chi connectivity index (χ0n) is 8.79. The van der Waals surface area contributed by atoms with E-state index in [2.05, 4.69) is 11.9 Å². The smallest absolute Gasteiger partial charge is 0.135 e. The molecular formula is C11H19NO. The molecule has 0 aromatic carbocycles. The Morgan fingerprint density at radius 1 is 1.38 bits per heavy atom. The van der Waals surface area contributed by atoms with Crippen LogP contribution in [0.3, 0.4) is 0 Å². The maximum Gasteiger partial charge on any atom is 0.135 e.